The van der Waals surface area contributed by atoms with Crippen molar-refractivity contribution in [3.8, 4) is 22.5 Å². The second kappa shape index (κ2) is 9.98. The van der Waals surface area contributed by atoms with Crippen LogP contribution in [0.2, 0.25) is 0 Å². The van der Waals surface area contributed by atoms with Crippen molar-refractivity contribution < 1.29 is 9.18 Å². The van der Waals surface area contributed by atoms with Crippen LogP contribution in [0.15, 0.2) is 66.7 Å². The number of imidazole rings is 1. The molecule has 1 unspecified atom stereocenters. The van der Waals surface area contributed by atoms with E-state index >= 15 is 0 Å². The number of H-pyrrole nitrogens is 1. The van der Waals surface area contributed by atoms with Gasteiger partial charge < -0.3 is 20.1 Å². The first kappa shape index (κ1) is 23.2. The van der Waals surface area contributed by atoms with Crippen molar-refractivity contribution in [1.29, 1.82) is 0 Å². The molecule has 0 radical (unpaired) electrons. The lowest BCUT2D eigenvalue weighted by atomic mass is 10.0. The number of anilines is 1. The van der Waals surface area contributed by atoms with Gasteiger partial charge in [0.05, 0.1) is 11.0 Å². The van der Waals surface area contributed by atoms with Gasteiger partial charge in [-0.3, -0.25) is 4.79 Å². The van der Waals surface area contributed by atoms with Crippen LogP contribution in [0.3, 0.4) is 0 Å². The van der Waals surface area contributed by atoms with E-state index in [0.717, 1.165) is 60.6 Å². The first-order chi connectivity index (χ1) is 16.9. The quantitative estimate of drug-likeness (QED) is 0.422. The minimum absolute atomic E-state index is 0.0417. The number of halogens is 1. The average molecular weight is 472 g/mol. The number of aromatic amines is 1. The number of nitrogens with zero attached hydrogens (tertiary/aromatic N) is 3. The van der Waals surface area contributed by atoms with Gasteiger partial charge in [0, 0.05) is 49.9 Å². The van der Waals surface area contributed by atoms with Crippen molar-refractivity contribution in [3.63, 3.8) is 0 Å². The van der Waals surface area contributed by atoms with E-state index in [9.17, 15) is 9.18 Å². The number of carbonyl (C=O) groups is 1. The van der Waals surface area contributed by atoms with E-state index in [0.29, 0.717) is 11.3 Å². The molecule has 0 aliphatic carbocycles. The molecule has 1 saturated heterocycles. The van der Waals surface area contributed by atoms with Crippen LogP contribution in [0.5, 0.6) is 0 Å². The lowest BCUT2D eigenvalue weighted by Crippen LogP contribution is -2.47. The molecule has 0 saturated carbocycles. The Labute approximate surface area is 204 Å². The summed E-state index contributed by atoms with van der Waals surface area (Å²) in [6.45, 7) is 6.87. The van der Waals surface area contributed by atoms with Crippen LogP contribution in [-0.2, 0) is 4.79 Å². The fourth-order valence-electron chi connectivity index (χ4n) is 4.48. The molecular formula is C28H30FN5O. The van der Waals surface area contributed by atoms with Gasteiger partial charge in [0.1, 0.15) is 11.6 Å². The highest BCUT2D eigenvalue weighted by Crippen LogP contribution is 2.27. The van der Waals surface area contributed by atoms with Gasteiger partial charge in [0.2, 0.25) is 5.91 Å². The predicted molar refractivity (Wildman–Crippen MR) is 139 cm³/mol. The minimum atomic E-state index is -0.289. The topological polar surface area (TPSA) is 64.3 Å². The molecule has 2 heterocycles. The molecule has 35 heavy (non-hydrogen) atoms. The van der Waals surface area contributed by atoms with Crippen LogP contribution < -0.4 is 5.32 Å². The van der Waals surface area contributed by atoms with E-state index in [1.54, 1.807) is 6.07 Å². The Hall–Kier alpha value is -3.55. The number of likely N-dealkylation sites (N-methyl/N-ethyl adjacent to an activating group) is 1. The summed E-state index contributed by atoms with van der Waals surface area (Å²) >= 11 is 0. The maximum absolute atomic E-state index is 13.5. The summed E-state index contributed by atoms with van der Waals surface area (Å²) in [5.74, 6) is 0.375. The Morgan fingerprint density at radius 1 is 1.00 bits per heavy atom. The molecule has 3 aromatic carbocycles. The number of hydrogen-bond acceptors (Lipinski definition) is 4. The van der Waals surface area contributed by atoms with Crippen LogP contribution in [0.1, 0.15) is 6.92 Å². The van der Waals surface area contributed by atoms with Gasteiger partial charge >= 0.3 is 0 Å². The first-order valence-electron chi connectivity index (χ1n) is 12.0. The summed E-state index contributed by atoms with van der Waals surface area (Å²) in [6, 6.07) is 20.5. The van der Waals surface area contributed by atoms with Crippen LogP contribution >= 0.6 is 0 Å². The standard InChI is InChI=1S/C28H30FN5O/c1-19(18-34-14-12-33(2)13-15-34)28(35)30-24-9-6-20(7-10-24)21-4-3-5-22(16-21)27-31-25-11-8-23(29)17-26(25)32-27/h3-11,16-17,19H,12-15,18H2,1-2H3,(H,30,35)(H,31,32). The molecule has 5 rings (SSSR count). The number of aromatic nitrogens is 2. The molecule has 1 fully saturated rings. The van der Waals surface area contributed by atoms with Crippen molar-refractivity contribution in [3.05, 3.63) is 72.5 Å². The summed E-state index contributed by atoms with van der Waals surface area (Å²) in [7, 11) is 2.13. The molecule has 7 heteroatoms. The number of nitrogens with one attached hydrogen (secondary N) is 2. The molecule has 1 aromatic heterocycles. The van der Waals surface area contributed by atoms with Gasteiger partial charge in [-0.05, 0) is 54.6 Å². The SMILES string of the molecule is CC(CN1CCN(C)CC1)C(=O)Nc1ccc(-c2cccc(-c3nc4ccc(F)cc4[nH]3)c2)cc1. The molecule has 180 valence electrons. The number of carbonyl (C=O) groups excluding carboxylic acids is 1. The number of piperazine rings is 1. The van der Waals surface area contributed by atoms with E-state index in [1.165, 1.54) is 12.1 Å². The number of benzene rings is 3. The molecular weight excluding hydrogens is 441 g/mol. The highest BCUT2D eigenvalue weighted by atomic mass is 19.1. The van der Waals surface area contributed by atoms with Crippen LogP contribution in [0, 0.1) is 11.7 Å². The van der Waals surface area contributed by atoms with Gasteiger partial charge in [-0.15, -0.1) is 0 Å². The summed E-state index contributed by atoms with van der Waals surface area (Å²) < 4.78 is 13.5. The number of fused-ring (bicyclic) bond motifs is 1. The first-order valence-corrected chi connectivity index (χ1v) is 12.0. The number of rotatable bonds is 6. The minimum Gasteiger partial charge on any atom is -0.338 e. The van der Waals surface area contributed by atoms with E-state index in [4.69, 9.17) is 0 Å². The molecule has 0 spiro atoms. The number of hydrogen-bond donors (Lipinski definition) is 2. The van der Waals surface area contributed by atoms with Crippen molar-refractivity contribution in [1.82, 2.24) is 19.8 Å². The summed E-state index contributed by atoms with van der Waals surface area (Å²) in [4.78, 5) is 25.2. The Bertz CT molecular complexity index is 1320. The lowest BCUT2D eigenvalue weighted by molar-refractivity contribution is -0.120. The summed E-state index contributed by atoms with van der Waals surface area (Å²) in [5.41, 5.74) is 5.20. The molecule has 1 aliphatic heterocycles. The Morgan fingerprint density at radius 3 is 2.51 bits per heavy atom. The summed E-state index contributed by atoms with van der Waals surface area (Å²) in [5, 5.41) is 3.05. The number of amides is 1. The van der Waals surface area contributed by atoms with Gasteiger partial charge in [-0.2, -0.15) is 0 Å². The third-order valence-electron chi connectivity index (χ3n) is 6.64. The zero-order valence-electron chi connectivity index (χ0n) is 20.1. The van der Waals surface area contributed by atoms with Gasteiger partial charge in [0.25, 0.3) is 0 Å². The molecule has 0 bridgehead atoms. The second-order valence-electron chi connectivity index (χ2n) is 9.40. The average Bonchev–Trinajstić information content (AvgIpc) is 3.29. The zero-order chi connectivity index (χ0) is 24.4. The van der Waals surface area contributed by atoms with E-state index in [-0.39, 0.29) is 17.6 Å². The fraction of sp³-hybridized carbons (Fsp3) is 0.286. The molecule has 1 atom stereocenters. The summed E-state index contributed by atoms with van der Waals surface area (Å²) in [6.07, 6.45) is 0. The van der Waals surface area contributed by atoms with Crippen LogP contribution in [-0.4, -0.2) is 65.4 Å². The Kier molecular flexibility index (Phi) is 6.61. The van der Waals surface area contributed by atoms with E-state index < -0.39 is 0 Å². The van der Waals surface area contributed by atoms with Gasteiger partial charge in [-0.25, -0.2) is 9.37 Å². The third-order valence-corrected chi connectivity index (χ3v) is 6.64. The third kappa shape index (κ3) is 5.42. The van der Waals surface area contributed by atoms with Crippen LogP contribution in [0.4, 0.5) is 10.1 Å². The Morgan fingerprint density at radius 2 is 1.74 bits per heavy atom. The molecule has 4 aromatic rings. The maximum Gasteiger partial charge on any atom is 0.228 e. The smallest absolute Gasteiger partial charge is 0.228 e. The normalized spacial score (nSPS) is 15.9. The monoisotopic (exact) mass is 471 g/mol. The zero-order valence-corrected chi connectivity index (χ0v) is 20.1. The molecule has 2 N–H and O–H groups in total. The largest absolute Gasteiger partial charge is 0.338 e. The molecule has 1 amide bonds. The maximum atomic E-state index is 13.5. The van der Waals surface area contributed by atoms with Crippen molar-refractivity contribution in [2.75, 3.05) is 45.1 Å². The highest BCUT2D eigenvalue weighted by molar-refractivity contribution is 5.92. The van der Waals surface area contributed by atoms with E-state index in [1.807, 2.05) is 49.4 Å². The Balaban J connectivity index is 1.25. The predicted octanol–water partition coefficient (Wildman–Crippen LogP) is 4.86. The van der Waals surface area contributed by atoms with Crippen molar-refractivity contribution in [2.45, 2.75) is 6.92 Å². The van der Waals surface area contributed by atoms with E-state index in [2.05, 4.69) is 38.2 Å². The van der Waals surface area contributed by atoms with Gasteiger partial charge in [-0.1, -0.05) is 37.3 Å². The lowest BCUT2D eigenvalue weighted by Gasteiger charge is -2.33. The molecule has 1 aliphatic rings. The highest BCUT2D eigenvalue weighted by Gasteiger charge is 2.20. The second-order valence-corrected chi connectivity index (χ2v) is 9.40. The van der Waals surface area contributed by atoms with Crippen molar-refractivity contribution in [2.24, 2.45) is 5.92 Å². The van der Waals surface area contributed by atoms with Gasteiger partial charge in [0.15, 0.2) is 0 Å². The molecule has 6 nitrogen and oxygen atoms in total. The van der Waals surface area contributed by atoms with Crippen LogP contribution in [0.25, 0.3) is 33.5 Å². The van der Waals surface area contributed by atoms with Crippen molar-refractivity contribution >= 4 is 22.6 Å². The fourth-order valence-corrected chi connectivity index (χ4v) is 4.48.